The van der Waals surface area contributed by atoms with Gasteiger partial charge in [-0.05, 0) is 44.0 Å². The summed E-state index contributed by atoms with van der Waals surface area (Å²) in [6.45, 7) is 0. The summed E-state index contributed by atoms with van der Waals surface area (Å²) < 4.78 is 2.44. The van der Waals surface area contributed by atoms with Gasteiger partial charge in [0.2, 0.25) is 5.91 Å². The third-order valence-corrected chi connectivity index (χ3v) is 3.46. The SMILES string of the molecule is NC(=S)CC(=O)Nc1c(Br)cc(Br)cc1Br. The second-order valence-electron chi connectivity index (χ2n) is 2.94. The van der Waals surface area contributed by atoms with Crippen LogP contribution in [0.3, 0.4) is 0 Å². The van der Waals surface area contributed by atoms with Gasteiger partial charge in [-0.2, -0.15) is 0 Å². The fourth-order valence-corrected chi connectivity index (χ4v) is 3.59. The smallest absolute Gasteiger partial charge is 0.231 e. The zero-order valence-electron chi connectivity index (χ0n) is 7.89. The molecule has 0 heterocycles. The van der Waals surface area contributed by atoms with E-state index in [1.54, 1.807) is 0 Å². The molecule has 0 spiro atoms. The number of thiocarbonyl (C=S) groups is 1. The van der Waals surface area contributed by atoms with Gasteiger partial charge < -0.3 is 11.1 Å². The minimum atomic E-state index is -0.240. The van der Waals surface area contributed by atoms with Crippen LogP contribution in [0.4, 0.5) is 5.69 Å². The normalized spacial score (nSPS) is 9.94. The fraction of sp³-hybridized carbons (Fsp3) is 0.111. The van der Waals surface area contributed by atoms with Crippen LogP contribution >= 0.6 is 60.0 Å². The minimum absolute atomic E-state index is 0.0320. The first-order valence-electron chi connectivity index (χ1n) is 4.13. The highest BCUT2D eigenvalue weighted by Gasteiger charge is 2.10. The Balaban J connectivity index is 2.89. The Morgan fingerprint density at radius 3 is 2.25 bits per heavy atom. The summed E-state index contributed by atoms with van der Waals surface area (Å²) in [6.07, 6.45) is 0.0320. The first kappa shape index (κ1) is 14.1. The van der Waals surface area contributed by atoms with E-state index in [-0.39, 0.29) is 17.3 Å². The predicted molar refractivity (Wildman–Crippen MR) is 79.6 cm³/mol. The molecule has 0 saturated carbocycles. The van der Waals surface area contributed by atoms with Crippen LogP contribution in [0.5, 0.6) is 0 Å². The van der Waals surface area contributed by atoms with Gasteiger partial charge in [-0.3, -0.25) is 4.79 Å². The van der Waals surface area contributed by atoms with Crippen molar-refractivity contribution < 1.29 is 4.79 Å². The molecule has 1 rings (SSSR count). The quantitative estimate of drug-likeness (QED) is 0.720. The summed E-state index contributed by atoms with van der Waals surface area (Å²) in [7, 11) is 0. The lowest BCUT2D eigenvalue weighted by atomic mass is 10.3. The number of anilines is 1. The molecule has 0 aliphatic carbocycles. The van der Waals surface area contributed by atoms with Gasteiger partial charge in [0.15, 0.2) is 0 Å². The van der Waals surface area contributed by atoms with Gasteiger partial charge in [0, 0.05) is 13.4 Å². The highest BCUT2D eigenvalue weighted by molar-refractivity contribution is 9.11. The van der Waals surface area contributed by atoms with E-state index in [0.717, 1.165) is 13.4 Å². The minimum Gasteiger partial charge on any atom is -0.393 e. The molecule has 0 aliphatic rings. The number of rotatable bonds is 3. The van der Waals surface area contributed by atoms with E-state index in [1.807, 2.05) is 12.1 Å². The lowest BCUT2D eigenvalue weighted by Crippen LogP contribution is -2.20. The summed E-state index contributed by atoms with van der Waals surface area (Å²) >= 11 is 14.7. The van der Waals surface area contributed by atoms with E-state index >= 15 is 0 Å². The molecule has 16 heavy (non-hydrogen) atoms. The number of amides is 1. The molecule has 1 aromatic rings. The number of carbonyl (C=O) groups is 1. The first-order valence-corrected chi connectivity index (χ1v) is 6.91. The van der Waals surface area contributed by atoms with Crippen molar-refractivity contribution in [2.75, 3.05) is 5.32 Å². The highest BCUT2D eigenvalue weighted by Crippen LogP contribution is 2.34. The molecule has 0 radical (unpaired) electrons. The van der Waals surface area contributed by atoms with Crippen molar-refractivity contribution in [3.8, 4) is 0 Å². The number of hydrogen-bond donors (Lipinski definition) is 2. The predicted octanol–water partition coefficient (Wildman–Crippen LogP) is 3.59. The van der Waals surface area contributed by atoms with E-state index in [0.29, 0.717) is 5.69 Å². The molecule has 7 heteroatoms. The molecule has 0 fully saturated rings. The molecule has 0 unspecified atom stereocenters. The standard InChI is InChI=1S/C9H7Br3N2OS/c10-4-1-5(11)9(6(12)2-4)14-8(15)3-7(13)16/h1-2H,3H2,(H2,13,16)(H,14,15). The largest absolute Gasteiger partial charge is 0.393 e. The Hall–Kier alpha value is 0.0200. The van der Waals surface area contributed by atoms with Crippen LogP contribution in [0.2, 0.25) is 0 Å². The van der Waals surface area contributed by atoms with E-state index in [9.17, 15) is 4.79 Å². The number of carbonyl (C=O) groups excluding carboxylic acids is 1. The molecule has 3 N–H and O–H groups in total. The molecular formula is C9H7Br3N2OS. The van der Waals surface area contributed by atoms with Crippen molar-refractivity contribution in [1.82, 2.24) is 0 Å². The second kappa shape index (κ2) is 6.09. The van der Waals surface area contributed by atoms with Gasteiger partial charge in [0.05, 0.1) is 17.1 Å². The molecule has 1 amide bonds. The van der Waals surface area contributed by atoms with Crippen LogP contribution in [0.1, 0.15) is 6.42 Å². The van der Waals surface area contributed by atoms with E-state index in [4.69, 9.17) is 5.73 Å². The summed E-state index contributed by atoms with van der Waals surface area (Å²) in [5, 5.41) is 2.72. The average molecular weight is 431 g/mol. The lowest BCUT2D eigenvalue weighted by molar-refractivity contribution is -0.115. The summed E-state index contributed by atoms with van der Waals surface area (Å²) in [4.78, 5) is 11.6. The fourth-order valence-electron chi connectivity index (χ4n) is 1.00. The third-order valence-electron chi connectivity index (χ3n) is 1.61. The topological polar surface area (TPSA) is 55.1 Å². The van der Waals surface area contributed by atoms with Crippen molar-refractivity contribution in [2.45, 2.75) is 6.42 Å². The van der Waals surface area contributed by atoms with E-state index in [2.05, 4.69) is 65.3 Å². The molecular weight excluding hydrogens is 424 g/mol. The van der Waals surface area contributed by atoms with Crippen LogP contribution in [0.15, 0.2) is 25.6 Å². The van der Waals surface area contributed by atoms with Crippen LogP contribution in [0, 0.1) is 0 Å². The van der Waals surface area contributed by atoms with Crippen LogP contribution in [-0.4, -0.2) is 10.9 Å². The van der Waals surface area contributed by atoms with Crippen molar-refractivity contribution in [1.29, 1.82) is 0 Å². The average Bonchev–Trinajstić information content (AvgIpc) is 2.09. The zero-order chi connectivity index (χ0) is 12.3. The van der Waals surface area contributed by atoms with Crippen LogP contribution < -0.4 is 11.1 Å². The zero-order valence-corrected chi connectivity index (χ0v) is 13.5. The lowest BCUT2D eigenvalue weighted by Gasteiger charge is -2.09. The maximum atomic E-state index is 11.5. The Kier molecular flexibility index (Phi) is 5.36. The molecule has 0 aromatic heterocycles. The molecule has 0 saturated heterocycles. The summed E-state index contributed by atoms with van der Waals surface area (Å²) in [5.41, 5.74) is 5.94. The van der Waals surface area contributed by atoms with Crippen molar-refractivity contribution in [3.05, 3.63) is 25.6 Å². The maximum Gasteiger partial charge on any atom is 0.231 e. The summed E-state index contributed by atoms with van der Waals surface area (Å²) in [5.74, 6) is -0.240. The Labute approximate surface area is 124 Å². The maximum absolute atomic E-state index is 11.5. The molecule has 0 aliphatic heterocycles. The van der Waals surface area contributed by atoms with Gasteiger partial charge in [-0.15, -0.1) is 0 Å². The number of hydrogen-bond acceptors (Lipinski definition) is 2. The van der Waals surface area contributed by atoms with E-state index in [1.165, 1.54) is 0 Å². The number of nitrogens with two attached hydrogens (primary N) is 1. The number of nitrogens with one attached hydrogen (secondary N) is 1. The first-order chi connectivity index (χ1) is 7.40. The molecule has 86 valence electrons. The second-order valence-corrected chi connectivity index (χ2v) is 6.08. The van der Waals surface area contributed by atoms with Gasteiger partial charge >= 0.3 is 0 Å². The monoisotopic (exact) mass is 428 g/mol. The molecule has 1 aromatic carbocycles. The van der Waals surface area contributed by atoms with Gasteiger partial charge in [0.25, 0.3) is 0 Å². The van der Waals surface area contributed by atoms with Crippen molar-refractivity contribution in [3.63, 3.8) is 0 Å². The van der Waals surface area contributed by atoms with Crippen LogP contribution in [-0.2, 0) is 4.79 Å². The molecule has 0 atom stereocenters. The van der Waals surface area contributed by atoms with E-state index < -0.39 is 0 Å². The molecule has 3 nitrogen and oxygen atoms in total. The third kappa shape index (κ3) is 4.12. The highest BCUT2D eigenvalue weighted by atomic mass is 79.9. The van der Waals surface area contributed by atoms with Crippen molar-refractivity contribution in [2.24, 2.45) is 5.73 Å². The Bertz CT molecular complexity index is 427. The summed E-state index contributed by atoms with van der Waals surface area (Å²) in [6, 6.07) is 3.67. The van der Waals surface area contributed by atoms with Crippen molar-refractivity contribution >= 4 is 76.6 Å². The Morgan fingerprint density at radius 2 is 1.81 bits per heavy atom. The van der Waals surface area contributed by atoms with Gasteiger partial charge in [-0.25, -0.2) is 0 Å². The van der Waals surface area contributed by atoms with Gasteiger partial charge in [0.1, 0.15) is 0 Å². The number of benzene rings is 1. The Morgan fingerprint density at radius 1 is 1.31 bits per heavy atom. The van der Waals surface area contributed by atoms with Gasteiger partial charge in [-0.1, -0.05) is 28.1 Å². The number of halogens is 3. The van der Waals surface area contributed by atoms with Crippen LogP contribution in [0.25, 0.3) is 0 Å². The molecule has 0 bridgehead atoms.